The van der Waals surface area contributed by atoms with Crippen molar-refractivity contribution in [2.45, 2.75) is 50.6 Å². The highest BCUT2D eigenvalue weighted by Gasteiger charge is 2.34. The van der Waals surface area contributed by atoms with Crippen molar-refractivity contribution in [1.29, 1.82) is 0 Å². The van der Waals surface area contributed by atoms with Gasteiger partial charge in [-0.15, -0.1) is 0 Å². The third kappa shape index (κ3) is 4.58. The number of methoxy groups -OCH3 is 1. The van der Waals surface area contributed by atoms with E-state index in [1.165, 1.54) is 38.8 Å². The van der Waals surface area contributed by atoms with Gasteiger partial charge < -0.3 is 10.1 Å². The van der Waals surface area contributed by atoms with Crippen LogP contribution in [-0.2, 0) is 22.4 Å². The lowest BCUT2D eigenvalue weighted by Crippen LogP contribution is -2.52. The normalized spacial score (nSPS) is 25.0. The number of piperidine rings is 2. The highest BCUT2D eigenvalue weighted by molar-refractivity contribution is 5.78. The van der Waals surface area contributed by atoms with E-state index in [1.807, 2.05) is 0 Å². The molecule has 1 amide bonds. The maximum atomic E-state index is 12.4. The Hall–Kier alpha value is -1.43. The summed E-state index contributed by atoms with van der Waals surface area (Å²) in [4.78, 5) is 17.8. The Morgan fingerprint density at radius 3 is 2.43 bits per heavy atom. The van der Waals surface area contributed by atoms with Crippen LogP contribution >= 0.6 is 0 Å². The minimum absolute atomic E-state index is 0.146. The first-order chi connectivity index (χ1) is 13.7. The van der Waals surface area contributed by atoms with Gasteiger partial charge >= 0.3 is 0 Å². The molecule has 5 heteroatoms. The molecular formula is C23H35N3O2. The summed E-state index contributed by atoms with van der Waals surface area (Å²) in [5.74, 6) is 0.357. The second-order valence-electron chi connectivity index (χ2n) is 8.72. The van der Waals surface area contributed by atoms with Gasteiger partial charge in [0, 0.05) is 32.3 Å². The molecule has 5 nitrogen and oxygen atoms in total. The van der Waals surface area contributed by atoms with Crippen LogP contribution in [0.5, 0.6) is 0 Å². The number of carbonyl (C=O) groups excluding carboxylic acids is 1. The van der Waals surface area contributed by atoms with E-state index in [1.54, 1.807) is 18.2 Å². The van der Waals surface area contributed by atoms with E-state index in [0.29, 0.717) is 25.2 Å². The van der Waals surface area contributed by atoms with E-state index in [9.17, 15) is 4.79 Å². The number of rotatable bonds is 6. The largest absolute Gasteiger partial charge is 0.383 e. The van der Waals surface area contributed by atoms with Crippen molar-refractivity contribution in [3.05, 3.63) is 35.4 Å². The SMILES string of the molecule is COCCNC(=O)[C@@H]1CCCN(C2CCN(C3Cc4ccccc4C3)CC2)C1. The molecule has 28 heavy (non-hydrogen) atoms. The van der Waals surface area contributed by atoms with Crippen molar-refractivity contribution < 1.29 is 9.53 Å². The van der Waals surface area contributed by atoms with Crippen LogP contribution in [0.1, 0.15) is 36.8 Å². The van der Waals surface area contributed by atoms with Crippen LogP contribution in [0.2, 0.25) is 0 Å². The molecule has 0 bridgehead atoms. The Bertz CT molecular complexity index is 632. The molecular weight excluding hydrogens is 350 g/mol. The summed E-state index contributed by atoms with van der Waals surface area (Å²) >= 11 is 0. The molecule has 3 aliphatic rings. The van der Waals surface area contributed by atoms with E-state index in [2.05, 4.69) is 39.4 Å². The molecule has 2 heterocycles. The van der Waals surface area contributed by atoms with Gasteiger partial charge in [-0.05, 0) is 69.3 Å². The van der Waals surface area contributed by atoms with Crippen LogP contribution in [0, 0.1) is 5.92 Å². The first-order valence-corrected chi connectivity index (χ1v) is 11.1. The fourth-order valence-corrected chi connectivity index (χ4v) is 5.38. The van der Waals surface area contributed by atoms with Crippen LogP contribution < -0.4 is 5.32 Å². The Kier molecular flexibility index (Phi) is 6.65. The molecule has 2 saturated heterocycles. The standard InChI is InChI=1S/C23H35N3O2/c1-28-14-10-24-23(27)20-7-4-11-26(17-20)21-8-12-25(13-9-21)22-15-18-5-2-3-6-19(18)16-22/h2-3,5-6,20-22H,4,7-17H2,1H3,(H,24,27)/t20-/m1/s1. The minimum atomic E-state index is 0.146. The fourth-order valence-electron chi connectivity index (χ4n) is 5.38. The number of hydrogen-bond acceptors (Lipinski definition) is 4. The summed E-state index contributed by atoms with van der Waals surface area (Å²) in [6.07, 6.45) is 7.08. The van der Waals surface area contributed by atoms with E-state index in [0.717, 1.165) is 25.9 Å². The Morgan fingerprint density at radius 1 is 1.04 bits per heavy atom. The number of ether oxygens (including phenoxy) is 1. The number of likely N-dealkylation sites (tertiary alicyclic amines) is 2. The van der Waals surface area contributed by atoms with Crippen LogP contribution in [0.4, 0.5) is 0 Å². The van der Waals surface area contributed by atoms with Crippen molar-refractivity contribution in [3.63, 3.8) is 0 Å². The lowest BCUT2D eigenvalue weighted by Gasteiger charge is -2.43. The molecule has 0 radical (unpaired) electrons. The van der Waals surface area contributed by atoms with Gasteiger partial charge in [0.05, 0.1) is 12.5 Å². The van der Waals surface area contributed by atoms with Gasteiger partial charge in [0.15, 0.2) is 0 Å². The van der Waals surface area contributed by atoms with Crippen molar-refractivity contribution in [2.24, 2.45) is 5.92 Å². The molecule has 0 aromatic heterocycles. The molecule has 0 spiro atoms. The first-order valence-electron chi connectivity index (χ1n) is 11.1. The predicted molar refractivity (Wildman–Crippen MR) is 111 cm³/mol. The monoisotopic (exact) mass is 385 g/mol. The van der Waals surface area contributed by atoms with E-state index < -0.39 is 0 Å². The van der Waals surface area contributed by atoms with Gasteiger partial charge in [0.2, 0.25) is 5.91 Å². The van der Waals surface area contributed by atoms with E-state index in [-0.39, 0.29) is 11.8 Å². The second kappa shape index (κ2) is 9.38. The molecule has 0 unspecified atom stereocenters. The molecule has 1 aromatic rings. The second-order valence-corrected chi connectivity index (χ2v) is 8.72. The predicted octanol–water partition coefficient (Wildman–Crippen LogP) is 2.09. The number of benzene rings is 1. The summed E-state index contributed by atoms with van der Waals surface area (Å²) in [5.41, 5.74) is 3.10. The maximum Gasteiger partial charge on any atom is 0.224 e. The van der Waals surface area contributed by atoms with Gasteiger partial charge in [0.25, 0.3) is 0 Å². The highest BCUT2D eigenvalue weighted by atomic mass is 16.5. The smallest absolute Gasteiger partial charge is 0.224 e. The Morgan fingerprint density at radius 2 is 1.75 bits per heavy atom. The van der Waals surface area contributed by atoms with Gasteiger partial charge in [-0.2, -0.15) is 0 Å². The average Bonchev–Trinajstić information content (AvgIpc) is 3.18. The van der Waals surface area contributed by atoms with Crippen molar-refractivity contribution in [1.82, 2.24) is 15.1 Å². The van der Waals surface area contributed by atoms with Crippen LogP contribution in [0.25, 0.3) is 0 Å². The summed E-state index contributed by atoms with van der Waals surface area (Å²) in [6, 6.07) is 10.3. The lowest BCUT2D eigenvalue weighted by molar-refractivity contribution is -0.127. The summed E-state index contributed by atoms with van der Waals surface area (Å²) in [6.45, 7) is 5.69. The summed E-state index contributed by atoms with van der Waals surface area (Å²) < 4.78 is 5.04. The molecule has 154 valence electrons. The number of amides is 1. The molecule has 1 N–H and O–H groups in total. The minimum Gasteiger partial charge on any atom is -0.383 e. The van der Waals surface area contributed by atoms with Gasteiger partial charge in [-0.1, -0.05) is 24.3 Å². The lowest BCUT2D eigenvalue weighted by atomic mass is 9.92. The van der Waals surface area contributed by atoms with Crippen molar-refractivity contribution in [2.75, 3.05) is 46.4 Å². The quantitative estimate of drug-likeness (QED) is 0.762. The number of nitrogens with zero attached hydrogens (tertiary/aromatic N) is 2. The van der Waals surface area contributed by atoms with Crippen molar-refractivity contribution in [3.8, 4) is 0 Å². The maximum absolute atomic E-state index is 12.4. The molecule has 2 fully saturated rings. The highest BCUT2D eigenvalue weighted by Crippen LogP contribution is 2.29. The third-order valence-electron chi connectivity index (χ3n) is 6.99. The fraction of sp³-hybridized carbons (Fsp3) is 0.696. The zero-order valence-corrected chi connectivity index (χ0v) is 17.2. The zero-order chi connectivity index (χ0) is 19.3. The average molecular weight is 386 g/mol. The first kappa shape index (κ1) is 19.9. The Labute approximate surface area is 169 Å². The molecule has 4 rings (SSSR count). The number of hydrogen-bond donors (Lipinski definition) is 1. The summed E-state index contributed by atoms with van der Waals surface area (Å²) in [5, 5.41) is 3.03. The molecule has 1 aliphatic carbocycles. The van der Waals surface area contributed by atoms with Crippen molar-refractivity contribution >= 4 is 5.91 Å². The Balaban J connectivity index is 1.24. The number of fused-ring (bicyclic) bond motifs is 1. The molecule has 2 aliphatic heterocycles. The van der Waals surface area contributed by atoms with Crippen LogP contribution in [0.15, 0.2) is 24.3 Å². The third-order valence-corrected chi connectivity index (χ3v) is 6.99. The van der Waals surface area contributed by atoms with Crippen LogP contribution in [-0.4, -0.2) is 74.2 Å². The zero-order valence-electron chi connectivity index (χ0n) is 17.2. The van der Waals surface area contributed by atoms with Gasteiger partial charge in [0.1, 0.15) is 0 Å². The van der Waals surface area contributed by atoms with Crippen LogP contribution in [0.3, 0.4) is 0 Å². The van der Waals surface area contributed by atoms with E-state index in [4.69, 9.17) is 4.74 Å². The molecule has 0 saturated carbocycles. The molecule has 1 aromatic carbocycles. The van der Waals surface area contributed by atoms with Gasteiger partial charge in [-0.3, -0.25) is 14.6 Å². The number of nitrogens with one attached hydrogen (secondary N) is 1. The van der Waals surface area contributed by atoms with Gasteiger partial charge in [-0.25, -0.2) is 0 Å². The van der Waals surface area contributed by atoms with E-state index >= 15 is 0 Å². The number of carbonyl (C=O) groups is 1. The molecule has 1 atom stereocenters. The summed E-state index contributed by atoms with van der Waals surface area (Å²) in [7, 11) is 1.67. The topological polar surface area (TPSA) is 44.8 Å².